The fourth-order valence-electron chi connectivity index (χ4n) is 3.12. The van der Waals surface area contributed by atoms with Crippen molar-refractivity contribution in [3.8, 4) is 17.0 Å². The molecule has 0 spiro atoms. The molecule has 0 amide bonds. The molecule has 0 saturated carbocycles. The first kappa shape index (κ1) is 18.6. The monoisotopic (exact) mass is 361 g/mol. The second-order valence-corrected chi connectivity index (χ2v) is 6.30. The first-order chi connectivity index (χ1) is 13.1. The standard InChI is InChI=1S/C23H23NO3/c1-5-7-17-13-18(23(25)27-6-2)14-20-15(3)12-21(24-22(17)20)16-8-10-19(26-4)11-9-16/h5,8-14H,1,6-7H2,2-4H3. The third kappa shape index (κ3) is 3.85. The van der Waals surface area contributed by atoms with Gasteiger partial charge in [0.25, 0.3) is 0 Å². The van der Waals surface area contributed by atoms with Crippen LogP contribution in [0.3, 0.4) is 0 Å². The molecular formula is C23H23NO3. The minimum absolute atomic E-state index is 0.316. The highest BCUT2D eigenvalue weighted by Crippen LogP contribution is 2.29. The van der Waals surface area contributed by atoms with Crippen molar-refractivity contribution in [2.75, 3.05) is 13.7 Å². The minimum atomic E-state index is -0.316. The predicted octanol–water partition coefficient (Wildman–Crippen LogP) is 5.12. The van der Waals surface area contributed by atoms with Gasteiger partial charge in [-0.2, -0.15) is 0 Å². The van der Waals surface area contributed by atoms with E-state index in [9.17, 15) is 4.79 Å². The summed E-state index contributed by atoms with van der Waals surface area (Å²) in [6.45, 7) is 8.02. The predicted molar refractivity (Wildman–Crippen MR) is 108 cm³/mol. The van der Waals surface area contributed by atoms with Crippen LogP contribution >= 0.6 is 0 Å². The summed E-state index contributed by atoms with van der Waals surface area (Å²) in [6, 6.07) is 13.6. The van der Waals surface area contributed by atoms with Crippen molar-refractivity contribution >= 4 is 16.9 Å². The van der Waals surface area contributed by atoms with Crippen molar-refractivity contribution in [1.82, 2.24) is 4.98 Å². The van der Waals surface area contributed by atoms with Crippen LogP contribution in [0.5, 0.6) is 5.75 Å². The quantitative estimate of drug-likeness (QED) is 0.451. The highest BCUT2D eigenvalue weighted by Gasteiger charge is 2.14. The van der Waals surface area contributed by atoms with Gasteiger partial charge in [-0.25, -0.2) is 9.78 Å². The summed E-state index contributed by atoms with van der Waals surface area (Å²) in [5, 5.41) is 0.953. The molecule has 1 heterocycles. The number of allylic oxidation sites excluding steroid dienone is 1. The second kappa shape index (κ2) is 8.04. The van der Waals surface area contributed by atoms with E-state index in [1.54, 1.807) is 14.0 Å². The van der Waals surface area contributed by atoms with Gasteiger partial charge >= 0.3 is 5.97 Å². The topological polar surface area (TPSA) is 48.4 Å². The Morgan fingerprint density at radius 1 is 1.19 bits per heavy atom. The molecule has 0 radical (unpaired) electrons. The normalized spacial score (nSPS) is 10.6. The minimum Gasteiger partial charge on any atom is -0.497 e. The largest absolute Gasteiger partial charge is 0.497 e. The SMILES string of the molecule is C=CCc1cc(C(=O)OCC)cc2c(C)cc(-c3ccc(OC)cc3)nc12. The maximum absolute atomic E-state index is 12.2. The average Bonchev–Trinajstić information content (AvgIpc) is 2.68. The van der Waals surface area contributed by atoms with Crippen LogP contribution in [0.4, 0.5) is 0 Å². The zero-order chi connectivity index (χ0) is 19.4. The Hall–Kier alpha value is -3.14. The molecule has 0 aliphatic heterocycles. The van der Waals surface area contributed by atoms with E-state index in [-0.39, 0.29) is 5.97 Å². The number of esters is 1. The number of rotatable bonds is 6. The van der Waals surface area contributed by atoms with E-state index >= 15 is 0 Å². The molecule has 0 bridgehead atoms. The molecular weight excluding hydrogens is 338 g/mol. The zero-order valence-corrected chi connectivity index (χ0v) is 15.9. The number of fused-ring (bicyclic) bond motifs is 1. The van der Waals surface area contributed by atoms with Crippen LogP contribution in [-0.4, -0.2) is 24.7 Å². The molecule has 0 N–H and O–H groups in total. The van der Waals surface area contributed by atoms with E-state index in [0.29, 0.717) is 18.6 Å². The molecule has 138 valence electrons. The van der Waals surface area contributed by atoms with Gasteiger partial charge in [0.05, 0.1) is 30.5 Å². The summed E-state index contributed by atoms with van der Waals surface area (Å²) in [4.78, 5) is 17.1. The van der Waals surface area contributed by atoms with E-state index in [1.165, 1.54) is 0 Å². The van der Waals surface area contributed by atoms with Gasteiger partial charge in [-0.1, -0.05) is 6.08 Å². The van der Waals surface area contributed by atoms with Crippen LogP contribution in [-0.2, 0) is 11.2 Å². The van der Waals surface area contributed by atoms with Crippen LogP contribution < -0.4 is 4.74 Å². The summed E-state index contributed by atoms with van der Waals surface area (Å²) in [5.74, 6) is 0.492. The number of benzene rings is 2. The fraction of sp³-hybridized carbons (Fsp3) is 0.217. The van der Waals surface area contributed by atoms with E-state index in [4.69, 9.17) is 14.5 Å². The molecule has 2 aromatic carbocycles. The van der Waals surface area contributed by atoms with Gasteiger partial charge in [0.2, 0.25) is 0 Å². The maximum Gasteiger partial charge on any atom is 0.338 e. The number of carbonyl (C=O) groups is 1. The van der Waals surface area contributed by atoms with Crippen molar-refractivity contribution in [3.05, 3.63) is 71.8 Å². The van der Waals surface area contributed by atoms with Crippen LogP contribution in [0.15, 0.2) is 55.1 Å². The third-order valence-electron chi connectivity index (χ3n) is 4.46. The number of hydrogen-bond donors (Lipinski definition) is 0. The van der Waals surface area contributed by atoms with Gasteiger partial charge in [0.1, 0.15) is 5.75 Å². The number of aryl methyl sites for hydroxylation is 1. The van der Waals surface area contributed by atoms with Crippen LogP contribution in [0.2, 0.25) is 0 Å². The number of hydrogen-bond acceptors (Lipinski definition) is 4. The summed E-state index contributed by atoms with van der Waals surface area (Å²) in [6.07, 6.45) is 2.45. The highest BCUT2D eigenvalue weighted by molar-refractivity contribution is 5.97. The van der Waals surface area contributed by atoms with Crippen LogP contribution in [0.1, 0.15) is 28.4 Å². The molecule has 3 rings (SSSR count). The van der Waals surface area contributed by atoms with Crippen molar-refractivity contribution in [3.63, 3.8) is 0 Å². The number of aromatic nitrogens is 1. The lowest BCUT2D eigenvalue weighted by Crippen LogP contribution is -2.06. The fourth-order valence-corrected chi connectivity index (χ4v) is 3.12. The summed E-state index contributed by atoms with van der Waals surface area (Å²) >= 11 is 0. The van der Waals surface area contributed by atoms with Crippen LogP contribution in [0, 0.1) is 6.92 Å². The van der Waals surface area contributed by atoms with Crippen molar-refractivity contribution in [2.45, 2.75) is 20.3 Å². The van der Waals surface area contributed by atoms with Gasteiger partial charge in [-0.15, -0.1) is 6.58 Å². The lowest BCUT2D eigenvalue weighted by molar-refractivity contribution is 0.0526. The zero-order valence-electron chi connectivity index (χ0n) is 15.9. The molecule has 4 nitrogen and oxygen atoms in total. The van der Waals surface area contributed by atoms with Crippen molar-refractivity contribution < 1.29 is 14.3 Å². The Balaban J connectivity index is 2.17. The molecule has 0 fully saturated rings. The van der Waals surface area contributed by atoms with Crippen molar-refractivity contribution in [1.29, 1.82) is 0 Å². The van der Waals surface area contributed by atoms with Gasteiger partial charge in [0.15, 0.2) is 0 Å². The first-order valence-corrected chi connectivity index (χ1v) is 8.94. The number of nitrogens with zero attached hydrogens (tertiary/aromatic N) is 1. The van der Waals surface area contributed by atoms with E-state index in [0.717, 1.165) is 39.0 Å². The molecule has 4 heteroatoms. The molecule has 0 atom stereocenters. The summed E-state index contributed by atoms with van der Waals surface area (Å²) in [5.41, 5.74) is 5.35. The molecule has 0 unspecified atom stereocenters. The van der Waals surface area contributed by atoms with Gasteiger partial charge in [-0.05, 0) is 73.9 Å². The van der Waals surface area contributed by atoms with E-state index in [2.05, 4.69) is 6.58 Å². The van der Waals surface area contributed by atoms with Crippen molar-refractivity contribution in [2.24, 2.45) is 0 Å². The first-order valence-electron chi connectivity index (χ1n) is 8.94. The lowest BCUT2D eigenvalue weighted by Gasteiger charge is -2.13. The average molecular weight is 361 g/mol. The summed E-state index contributed by atoms with van der Waals surface area (Å²) in [7, 11) is 1.65. The highest BCUT2D eigenvalue weighted by atomic mass is 16.5. The smallest absolute Gasteiger partial charge is 0.338 e. The third-order valence-corrected chi connectivity index (χ3v) is 4.46. The molecule has 3 aromatic rings. The second-order valence-electron chi connectivity index (χ2n) is 6.30. The summed E-state index contributed by atoms with van der Waals surface area (Å²) < 4.78 is 10.4. The Bertz CT molecular complexity index is 991. The Morgan fingerprint density at radius 3 is 2.56 bits per heavy atom. The van der Waals surface area contributed by atoms with E-state index < -0.39 is 0 Å². The molecule has 0 aliphatic rings. The van der Waals surface area contributed by atoms with Gasteiger partial charge in [0, 0.05) is 10.9 Å². The lowest BCUT2D eigenvalue weighted by atomic mass is 9.98. The number of carbonyl (C=O) groups excluding carboxylic acids is 1. The molecule has 0 saturated heterocycles. The Labute approximate surface area is 159 Å². The number of pyridine rings is 1. The van der Waals surface area contributed by atoms with E-state index in [1.807, 2.05) is 55.5 Å². The number of methoxy groups -OCH3 is 1. The van der Waals surface area contributed by atoms with Gasteiger partial charge < -0.3 is 9.47 Å². The molecule has 27 heavy (non-hydrogen) atoms. The van der Waals surface area contributed by atoms with Gasteiger partial charge in [-0.3, -0.25) is 0 Å². The maximum atomic E-state index is 12.2. The Morgan fingerprint density at radius 2 is 1.93 bits per heavy atom. The Kier molecular flexibility index (Phi) is 5.55. The van der Waals surface area contributed by atoms with Crippen LogP contribution in [0.25, 0.3) is 22.2 Å². The molecule has 0 aliphatic carbocycles. The number of ether oxygens (including phenoxy) is 2. The molecule has 1 aromatic heterocycles.